The maximum Gasteiger partial charge on any atom is 0.169 e. The summed E-state index contributed by atoms with van der Waals surface area (Å²) in [7, 11) is 0. The molecule has 0 saturated carbocycles. The highest BCUT2D eigenvalue weighted by Crippen LogP contribution is 2.32. The Morgan fingerprint density at radius 3 is 2.67 bits per heavy atom. The molecule has 2 nitrogen and oxygen atoms in total. The van der Waals surface area contributed by atoms with E-state index in [0.717, 1.165) is 24.0 Å². The monoisotopic (exact) mass is 204 g/mol. The average Bonchev–Trinajstić information content (AvgIpc) is 2.16. The first-order valence-electron chi connectivity index (χ1n) is 5.34. The zero-order valence-corrected chi connectivity index (χ0v) is 9.16. The second kappa shape index (κ2) is 3.46. The Labute approximate surface area is 89.9 Å². The molecule has 0 aliphatic heterocycles. The molecule has 0 spiro atoms. The third-order valence-corrected chi connectivity index (χ3v) is 3.15. The van der Waals surface area contributed by atoms with Crippen molar-refractivity contribution in [2.45, 2.75) is 32.3 Å². The highest BCUT2D eigenvalue weighted by atomic mass is 16.3. The lowest BCUT2D eigenvalue weighted by Crippen LogP contribution is -2.39. The van der Waals surface area contributed by atoms with Crippen molar-refractivity contribution in [1.29, 1.82) is 0 Å². The van der Waals surface area contributed by atoms with E-state index in [2.05, 4.69) is 0 Å². The normalized spacial score (nSPS) is 21.3. The molecule has 1 aliphatic carbocycles. The minimum Gasteiger partial charge on any atom is -0.390 e. The molecule has 1 atom stereocenters. The number of fused-ring (bicyclic) bond motifs is 1. The fraction of sp³-hybridized carbons (Fsp3) is 0.462. The van der Waals surface area contributed by atoms with Gasteiger partial charge in [0.15, 0.2) is 5.78 Å². The van der Waals surface area contributed by atoms with Crippen LogP contribution in [0, 0.1) is 5.92 Å². The molecule has 2 heteroatoms. The standard InChI is InChI=1S/C13H16O2/c1-13(2,15)11-8-7-9-5-3-4-6-10(9)12(11)14/h3-6,11,15H,7-8H2,1-2H3. The molecule has 2 rings (SSSR count). The summed E-state index contributed by atoms with van der Waals surface area (Å²) in [4.78, 5) is 12.1. The predicted molar refractivity (Wildman–Crippen MR) is 58.9 cm³/mol. The Morgan fingerprint density at radius 2 is 2.00 bits per heavy atom. The van der Waals surface area contributed by atoms with Gasteiger partial charge in [-0.3, -0.25) is 4.79 Å². The first-order valence-corrected chi connectivity index (χ1v) is 5.34. The molecule has 1 aromatic carbocycles. The Bertz CT molecular complexity index is 388. The Kier molecular flexibility index (Phi) is 2.39. The fourth-order valence-corrected chi connectivity index (χ4v) is 2.27. The molecule has 0 heterocycles. The Balaban J connectivity index is 2.38. The summed E-state index contributed by atoms with van der Waals surface area (Å²) < 4.78 is 0. The molecule has 1 unspecified atom stereocenters. The number of hydrogen-bond acceptors (Lipinski definition) is 2. The van der Waals surface area contributed by atoms with Gasteiger partial charge in [0, 0.05) is 5.56 Å². The first-order chi connectivity index (χ1) is 7.00. The van der Waals surface area contributed by atoms with E-state index in [9.17, 15) is 9.90 Å². The molecule has 15 heavy (non-hydrogen) atoms. The van der Waals surface area contributed by atoms with Crippen LogP contribution in [0.5, 0.6) is 0 Å². The summed E-state index contributed by atoms with van der Waals surface area (Å²) in [6, 6.07) is 7.68. The molecule has 0 aromatic heterocycles. The maximum absolute atomic E-state index is 12.1. The number of Topliss-reactive ketones (excluding diaryl/α,β-unsaturated/α-hetero) is 1. The minimum atomic E-state index is -0.912. The lowest BCUT2D eigenvalue weighted by molar-refractivity contribution is 0.0148. The van der Waals surface area contributed by atoms with Crippen LogP contribution in [-0.2, 0) is 6.42 Å². The highest BCUT2D eigenvalue weighted by molar-refractivity contribution is 6.00. The van der Waals surface area contributed by atoms with Gasteiger partial charge in [-0.1, -0.05) is 24.3 Å². The number of benzene rings is 1. The number of aliphatic hydroxyl groups is 1. The van der Waals surface area contributed by atoms with Crippen LogP contribution in [0.3, 0.4) is 0 Å². The van der Waals surface area contributed by atoms with Crippen LogP contribution in [0.15, 0.2) is 24.3 Å². The summed E-state index contributed by atoms with van der Waals surface area (Å²) in [5, 5.41) is 9.92. The van der Waals surface area contributed by atoms with Gasteiger partial charge in [0.05, 0.1) is 11.5 Å². The van der Waals surface area contributed by atoms with Crippen molar-refractivity contribution in [3.8, 4) is 0 Å². The number of hydrogen-bond donors (Lipinski definition) is 1. The highest BCUT2D eigenvalue weighted by Gasteiger charge is 2.36. The minimum absolute atomic E-state index is 0.0874. The van der Waals surface area contributed by atoms with Crippen LogP contribution in [0.2, 0.25) is 0 Å². The van der Waals surface area contributed by atoms with Gasteiger partial charge in [-0.25, -0.2) is 0 Å². The van der Waals surface area contributed by atoms with E-state index in [1.165, 1.54) is 0 Å². The van der Waals surface area contributed by atoms with Crippen LogP contribution < -0.4 is 0 Å². The van der Waals surface area contributed by atoms with Crippen molar-refractivity contribution in [2.75, 3.05) is 0 Å². The SMILES string of the molecule is CC(C)(O)C1CCc2ccccc2C1=O. The van der Waals surface area contributed by atoms with Gasteiger partial charge in [0.1, 0.15) is 0 Å². The quantitative estimate of drug-likeness (QED) is 0.761. The van der Waals surface area contributed by atoms with Gasteiger partial charge in [-0.05, 0) is 32.3 Å². The van der Waals surface area contributed by atoms with Crippen molar-refractivity contribution in [2.24, 2.45) is 5.92 Å². The number of ketones is 1. The van der Waals surface area contributed by atoms with Crippen LogP contribution in [0.4, 0.5) is 0 Å². The van der Waals surface area contributed by atoms with Gasteiger partial charge < -0.3 is 5.11 Å². The summed E-state index contributed by atoms with van der Waals surface area (Å²) in [6.07, 6.45) is 1.63. The molecular formula is C13H16O2. The Morgan fingerprint density at radius 1 is 1.33 bits per heavy atom. The molecular weight excluding hydrogens is 188 g/mol. The van der Waals surface area contributed by atoms with Gasteiger partial charge in [0.25, 0.3) is 0 Å². The second-order valence-electron chi connectivity index (χ2n) is 4.77. The van der Waals surface area contributed by atoms with E-state index in [-0.39, 0.29) is 11.7 Å². The number of carbonyl (C=O) groups is 1. The maximum atomic E-state index is 12.1. The van der Waals surface area contributed by atoms with Crippen molar-refractivity contribution in [3.05, 3.63) is 35.4 Å². The van der Waals surface area contributed by atoms with Crippen LogP contribution >= 0.6 is 0 Å². The number of aryl methyl sites for hydroxylation is 1. The van der Waals surface area contributed by atoms with E-state index >= 15 is 0 Å². The summed E-state index contributed by atoms with van der Waals surface area (Å²) in [5.74, 6) is -0.170. The Hall–Kier alpha value is -1.15. The van der Waals surface area contributed by atoms with E-state index in [1.807, 2.05) is 24.3 Å². The summed E-state index contributed by atoms with van der Waals surface area (Å²) in [5.41, 5.74) is 0.990. The zero-order valence-electron chi connectivity index (χ0n) is 9.16. The van der Waals surface area contributed by atoms with Crippen molar-refractivity contribution in [1.82, 2.24) is 0 Å². The van der Waals surface area contributed by atoms with Crippen LogP contribution in [0.1, 0.15) is 36.2 Å². The largest absolute Gasteiger partial charge is 0.390 e. The molecule has 0 amide bonds. The molecule has 0 bridgehead atoms. The molecule has 1 aromatic rings. The van der Waals surface area contributed by atoms with E-state index in [1.54, 1.807) is 13.8 Å². The van der Waals surface area contributed by atoms with E-state index in [0.29, 0.717) is 0 Å². The fourth-order valence-electron chi connectivity index (χ4n) is 2.27. The molecule has 80 valence electrons. The van der Waals surface area contributed by atoms with Gasteiger partial charge >= 0.3 is 0 Å². The number of rotatable bonds is 1. The van der Waals surface area contributed by atoms with Crippen LogP contribution in [0.25, 0.3) is 0 Å². The average molecular weight is 204 g/mol. The van der Waals surface area contributed by atoms with Gasteiger partial charge in [-0.2, -0.15) is 0 Å². The lowest BCUT2D eigenvalue weighted by atomic mass is 9.75. The lowest BCUT2D eigenvalue weighted by Gasteiger charge is -2.32. The summed E-state index contributed by atoms with van der Waals surface area (Å²) in [6.45, 7) is 3.42. The van der Waals surface area contributed by atoms with Gasteiger partial charge in [0.2, 0.25) is 0 Å². The van der Waals surface area contributed by atoms with E-state index in [4.69, 9.17) is 0 Å². The van der Waals surface area contributed by atoms with Crippen molar-refractivity contribution >= 4 is 5.78 Å². The third-order valence-electron chi connectivity index (χ3n) is 3.15. The molecule has 1 N–H and O–H groups in total. The van der Waals surface area contributed by atoms with Crippen molar-refractivity contribution < 1.29 is 9.90 Å². The molecule has 0 fully saturated rings. The molecule has 1 aliphatic rings. The molecule has 0 saturated heterocycles. The van der Waals surface area contributed by atoms with Crippen molar-refractivity contribution in [3.63, 3.8) is 0 Å². The first kappa shape index (κ1) is 10.4. The topological polar surface area (TPSA) is 37.3 Å². The second-order valence-corrected chi connectivity index (χ2v) is 4.77. The summed E-state index contributed by atoms with van der Waals surface area (Å²) >= 11 is 0. The third kappa shape index (κ3) is 1.82. The molecule has 0 radical (unpaired) electrons. The predicted octanol–water partition coefficient (Wildman–Crippen LogP) is 2.20. The number of carbonyl (C=O) groups excluding carboxylic acids is 1. The van der Waals surface area contributed by atoms with E-state index < -0.39 is 5.60 Å². The van der Waals surface area contributed by atoms with Crippen LogP contribution in [-0.4, -0.2) is 16.5 Å². The van der Waals surface area contributed by atoms with Gasteiger partial charge in [-0.15, -0.1) is 0 Å². The smallest absolute Gasteiger partial charge is 0.169 e. The zero-order chi connectivity index (χ0) is 11.1.